The van der Waals surface area contributed by atoms with Crippen LogP contribution in [0, 0.1) is 0 Å². The van der Waals surface area contributed by atoms with Crippen LogP contribution in [0.5, 0.6) is 0 Å². The number of carbonyl (C=O) groups excluding carboxylic acids is 1. The molecule has 2 heteroatoms. The van der Waals surface area contributed by atoms with Crippen molar-refractivity contribution in [2.45, 2.75) is 6.92 Å². The van der Waals surface area contributed by atoms with Crippen LogP contribution in [0.2, 0.25) is 0 Å². The largest absolute Gasteiger partial charge is 0.462 e. The SMILES string of the molecule is CCOC(=O)C1=Cc2cccc3cccc1c23. The van der Waals surface area contributed by atoms with Crippen molar-refractivity contribution in [1.29, 1.82) is 0 Å². The van der Waals surface area contributed by atoms with Gasteiger partial charge in [-0.25, -0.2) is 4.79 Å². The summed E-state index contributed by atoms with van der Waals surface area (Å²) < 4.78 is 5.08. The molecule has 0 fully saturated rings. The van der Waals surface area contributed by atoms with E-state index < -0.39 is 0 Å². The number of benzene rings is 2. The third-order valence-electron chi connectivity index (χ3n) is 3.02. The second kappa shape index (κ2) is 3.74. The van der Waals surface area contributed by atoms with Crippen LogP contribution < -0.4 is 0 Å². The number of hydrogen-bond donors (Lipinski definition) is 0. The number of ether oxygens (including phenoxy) is 1. The summed E-state index contributed by atoms with van der Waals surface area (Å²) in [5.41, 5.74) is 2.75. The highest BCUT2D eigenvalue weighted by Crippen LogP contribution is 2.36. The minimum Gasteiger partial charge on any atom is -0.462 e. The van der Waals surface area contributed by atoms with Gasteiger partial charge in [-0.05, 0) is 34.9 Å². The Morgan fingerprint density at radius 3 is 2.71 bits per heavy atom. The highest BCUT2D eigenvalue weighted by atomic mass is 16.5. The molecule has 0 radical (unpaired) electrons. The van der Waals surface area contributed by atoms with Crippen molar-refractivity contribution in [3.8, 4) is 0 Å². The van der Waals surface area contributed by atoms with Gasteiger partial charge in [0.05, 0.1) is 12.2 Å². The van der Waals surface area contributed by atoms with E-state index in [9.17, 15) is 4.79 Å². The number of rotatable bonds is 2. The summed E-state index contributed by atoms with van der Waals surface area (Å²) in [5.74, 6) is -0.240. The Morgan fingerprint density at radius 1 is 1.18 bits per heavy atom. The molecule has 0 amide bonds. The fourth-order valence-electron chi connectivity index (χ4n) is 2.33. The molecule has 2 nitrogen and oxygen atoms in total. The fraction of sp³-hybridized carbons (Fsp3) is 0.133. The van der Waals surface area contributed by atoms with Crippen LogP contribution in [0.25, 0.3) is 22.4 Å². The summed E-state index contributed by atoms with van der Waals surface area (Å²) in [6.07, 6.45) is 1.91. The molecule has 84 valence electrons. The molecular weight excluding hydrogens is 212 g/mol. The lowest BCUT2D eigenvalue weighted by atomic mass is 10.0. The van der Waals surface area contributed by atoms with Crippen molar-refractivity contribution in [3.63, 3.8) is 0 Å². The van der Waals surface area contributed by atoms with Gasteiger partial charge in [0.2, 0.25) is 0 Å². The van der Waals surface area contributed by atoms with Crippen molar-refractivity contribution in [3.05, 3.63) is 47.5 Å². The van der Waals surface area contributed by atoms with E-state index in [1.807, 2.05) is 37.3 Å². The second-order valence-corrected chi connectivity index (χ2v) is 4.03. The average molecular weight is 224 g/mol. The van der Waals surface area contributed by atoms with Gasteiger partial charge in [0.25, 0.3) is 0 Å². The van der Waals surface area contributed by atoms with Gasteiger partial charge in [0, 0.05) is 0 Å². The Hall–Kier alpha value is -2.09. The lowest BCUT2D eigenvalue weighted by Gasteiger charge is -2.05. The number of carbonyl (C=O) groups is 1. The Bertz CT molecular complexity index is 633. The van der Waals surface area contributed by atoms with E-state index in [1.54, 1.807) is 0 Å². The fourth-order valence-corrected chi connectivity index (χ4v) is 2.33. The van der Waals surface area contributed by atoms with Gasteiger partial charge in [0.1, 0.15) is 0 Å². The minimum absolute atomic E-state index is 0.240. The Balaban J connectivity index is 2.20. The van der Waals surface area contributed by atoms with Crippen LogP contribution in [0.15, 0.2) is 36.4 Å². The molecule has 0 atom stereocenters. The summed E-state index contributed by atoms with van der Waals surface area (Å²) in [5, 5.41) is 2.31. The molecule has 3 rings (SSSR count). The normalized spacial score (nSPS) is 12.6. The van der Waals surface area contributed by atoms with Crippen molar-refractivity contribution < 1.29 is 9.53 Å². The topological polar surface area (TPSA) is 26.3 Å². The van der Waals surface area contributed by atoms with Crippen molar-refractivity contribution >= 4 is 28.4 Å². The molecule has 1 aliphatic rings. The molecule has 2 aromatic carbocycles. The molecule has 0 heterocycles. The summed E-state index contributed by atoms with van der Waals surface area (Å²) in [6, 6.07) is 12.1. The first-order chi connectivity index (χ1) is 8.31. The van der Waals surface area contributed by atoms with Crippen molar-refractivity contribution in [1.82, 2.24) is 0 Å². The standard InChI is InChI=1S/C15H12O2/c1-2-17-15(16)13-9-11-7-3-5-10-6-4-8-12(13)14(10)11/h3-9H,2H2,1H3. The first-order valence-corrected chi connectivity index (χ1v) is 5.72. The minimum atomic E-state index is -0.240. The van der Waals surface area contributed by atoms with Gasteiger partial charge < -0.3 is 4.74 Å². The zero-order valence-electron chi connectivity index (χ0n) is 9.57. The number of hydrogen-bond acceptors (Lipinski definition) is 2. The monoisotopic (exact) mass is 224 g/mol. The van der Waals surface area contributed by atoms with Gasteiger partial charge in [0.15, 0.2) is 0 Å². The van der Waals surface area contributed by atoms with E-state index in [4.69, 9.17) is 4.74 Å². The van der Waals surface area contributed by atoms with Crippen molar-refractivity contribution in [2.75, 3.05) is 6.61 Å². The Kier molecular flexibility index (Phi) is 2.22. The first kappa shape index (κ1) is 10.1. The van der Waals surface area contributed by atoms with E-state index in [-0.39, 0.29) is 5.97 Å². The van der Waals surface area contributed by atoms with E-state index in [0.29, 0.717) is 12.2 Å². The molecule has 0 bridgehead atoms. The molecule has 0 saturated carbocycles. The quantitative estimate of drug-likeness (QED) is 0.732. The van der Waals surface area contributed by atoms with Crippen molar-refractivity contribution in [2.24, 2.45) is 0 Å². The third-order valence-corrected chi connectivity index (χ3v) is 3.02. The van der Waals surface area contributed by atoms with Gasteiger partial charge in [-0.1, -0.05) is 36.4 Å². The maximum Gasteiger partial charge on any atom is 0.338 e. The molecule has 0 saturated heterocycles. The van der Waals surface area contributed by atoms with Gasteiger partial charge in [-0.15, -0.1) is 0 Å². The molecule has 17 heavy (non-hydrogen) atoms. The Morgan fingerprint density at radius 2 is 1.94 bits per heavy atom. The maximum absolute atomic E-state index is 11.9. The third kappa shape index (κ3) is 1.45. The maximum atomic E-state index is 11.9. The van der Waals surface area contributed by atoms with Crippen LogP contribution in [0.1, 0.15) is 18.1 Å². The van der Waals surface area contributed by atoms with Crippen LogP contribution in [-0.4, -0.2) is 12.6 Å². The van der Waals surface area contributed by atoms with E-state index in [0.717, 1.165) is 21.9 Å². The second-order valence-electron chi connectivity index (χ2n) is 4.03. The molecule has 0 N–H and O–H groups in total. The molecule has 0 spiro atoms. The van der Waals surface area contributed by atoms with Crippen LogP contribution in [-0.2, 0) is 9.53 Å². The predicted octanol–water partition coefficient (Wildman–Crippen LogP) is 3.26. The molecular formula is C15H12O2. The zero-order chi connectivity index (χ0) is 11.8. The lowest BCUT2D eigenvalue weighted by molar-refractivity contribution is -0.136. The molecule has 0 aliphatic heterocycles. The van der Waals surface area contributed by atoms with E-state index in [2.05, 4.69) is 12.1 Å². The lowest BCUT2D eigenvalue weighted by Crippen LogP contribution is -2.05. The molecule has 0 aromatic heterocycles. The van der Waals surface area contributed by atoms with Gasteiger partial charge >= 0.3 is 5.97 Å². The first-order valence-electron chi connectivity index (χ1n) is 5.72. The Labute approximate surface area is 99.5 Å². The zero-order valence-corrected chi connectivity index (χ0v) is 9.57. The smallest absolute Gasteiger partial charge is 0.338 e. The molecule has 1 aliphatic carbocycles. The van der Waals surface area contributed by atoms with Crippen LogP contribution in [0.4, 0.5) is 0 Å². The van der Waals surface area contributed by atoms with Crippen LogP contribution in [0.3, 0.4) is 0 Å². The molecule has 0 unspecified atom stereocenters. The summed E-state index contributed by atoms with van der Waals surface area (Å²) in [7, 11) is 0. The average Bonchev–Trinajstić information content (AvgIpc) is 2.72. The highest BCUT2D eigenvalue weighted by Gasteiger charge is 2.22. The predicted molar refractivity (Wildman–Crippen MR) is 68.5 cm³/mol. The van der Waals surface area contributed by atoms with Gasteiger partial charge in [-0.2, -0.15) is 0 Å². The van der Waals surface area contributed by atoms with Gasteiger partial charge in [-0.3, -0.25) is 0 Å². The highest BCUT2D eigenvalue weighted by molar-refractivity contribution is 6.29. The molecule has 2 aromatic rings. The summed E-state index contributed by atoms with van der Waals surface area (Å²) in [6.45, 7) is 2.23. The van der Waals surface area contributed by atoms with E-state index >= 15 is 0 Å². The van der Waals surface area contributed by atoms with E-state index in [1.165, 1.54) is 0 Å². The number of esters is 1. The van der Waals surface area contributed by atoms with Crippen LogP contribution >= 0.6 is 0 Å². The summed E-state index contributed by atoms with van der Waals surface area (Å²) >= 11 is 0. The summed E-state index contributed by atoms with van der Waals surface area (Å²) in [4.78, 5) is 11.9.